The maximum absolute atomic E-state index is 11.7. The molecule has 0 aromatic carbocycles. The fraction of sp³-hybridized carbons (Fsp3) is 0.900. The van der Waals surface area contributed by atoms with E-state index in [9.17, 15) is 4.79 Å². The first-order valence-corrected chi connectivity index (χ1v) is 5.34. The third kappa shape index (κ3) is 1.91. The van der Waals surface area contributed by atoms with Crippen LogP contribution in [-0.2, 0) is 4.79 Å². The van der Waals surface area contributed by atoms with Crippen LogP contribution in [0.5, 0.6) is 0 Å². The van der Waals surface area contributed by atoms with Gasteiger partial charge in [0.1, 0.15) is 0 Å². The molecule has 80 valence electrons. The topological polar surface area (TPSA) is 66.6 Å². The summed E-state index contributed by atoms with van der Waals surface area (Å²) in [6.45, 7) is 0.990. The van der Waals surface area contributed by atoms with Gasteiger partial charge in [0.05, 0.1) is 6.10 Å². The van der Waals surface area contributed by atoms with Gasteiger partial charge in [0.15, 0.2) is 0 Å². The predicted molar refractivity (Wildman–Crippen MR) is 52.6 cm³/mol. The van der Waals surface area contributed by atoms with Crippen molar-refractivity contribution in [3.05, 3.63) is 0 Å². The second kappa shape index (κ2) is 3.51. The van der Waals surface area contributed by atoms with Crippen molar-refractivity contribution in [2.75, 3.05) is 13.1 Å². The van der Waals surface area contributed by atoms with Gasteiger partial charge in [-0.3, -0.25) is 4.79 Å². The van der Waals surface area contributed by atoms with Crippen molar-refractivity contribution < 1.29 is 9.90 Å². The highest BCUT2D eigenvalue weighted by Crippen LogP contribution is 2.31. The minimum atomic E-state index is -0.309. The lowest BCUT2D eigenvalue weighted by atomic mass is 9.93. The highest BCUT2D eigenvalue weighted by atomic mass is 16.3. The number of carbonyl (C=O) groups excluding carboxylic acids is 1. The Bertz CT molecular complexity index is 230. The number of β-amino-alcohol motifs (C(OH)–C–C–N with tert-alkyl or cyclic N) is 1. The van der Waals surface area contributed by atoms with Crippen LogP contribution < -0.4 is 5.73 Å². The van der Waals surface area contributed by atoms with Crippen molar-refractivity contribution in [2.24, 2.45) is 5.73 Å². The van der Waals surface area contributed by atoms with Gasteiger partial charge in [-0.25, -0.2) is 0 Å². The van der Waals surface area contributed by atoms with Crippen LogP contribution in [0.1, 0.15) is 32.1 Å². The SMILES string of the molecule is NC1(CC(=O)N2CC(O)C2)CCCC1. The highest BCUT2D eigenvalue weighted by Gasteiger charge is 2.36. The summed E-state index contributed by atoms with van der Waals surface area (Å²) < 4.78 is 0. The summed E-state index contributed by atoms with van der Waals surface area (Å²) in [4.78, 5) is 13.4. The molecule has 0 radical (unpaired) electrons. The number of hydrogen-bond acceptors (Lipinski definition) is 3. The average Bonchev–Trinajstić information content (AvgIpc) is 2.46. The molecule has 0 unspecified atom stereocenters. The largest absolute Gasteiger partial charge is 0.389 e. The molecule has 1 saturated heterocycles. The van der Waals surface area contributed by atoms with Crippen LogP contribution in [0.3, 0.4) is 0 Å². The first-order chi connectivity index (χ1) is 6.59. The molecular weight excluding hydrogens is 180 g/mol. The predicted octanol–water partition coefficient (Wildman–Crippen LogP) is -0.149. The second-order valence-corrected chi connectivity index (χ2v) is 4.70. The Labute approximate surface area is 84.1 Å². The zero-order valence-corrected chi connectivity index (χ0v) is 8.41. The Kier molecular flexibility index (Phi) is 2.49. The molecule has 2 fully saturated rings. The fourth-order valence-electron chi connectivity index (χ4n) is 2.33. The molecule has 1 amide bonds. The van der Waals surface area contributed by atoms with E-state index >= 15 is 0 Å². The summed E-state index contributed by atoms with van der Waals surface area (Å²) >= 11 is 0. The number of nitrogens with two attached hydrogens (primary N) is 1. The Morgan fingerprint density at radius 1 is 1.43 bits per heavy atom. The molecule has 4 heteroatoms. The van der Waals surface area contributed by atoms with Crippen LogP contribution in [-0.4, -0.2) is 40.6 Å². The molecule has 3 N–H and O–H groups in total. The molecule has 1 saturated carbocycles. The lowest BCUT2D eigenvalue weighted by Gasteiger charge is -2.38. The van der Waals surface area contributed by atoms with Gasteiger partial charge in [-0.2, -0.15) is 0 Å². The quantitative estimate of drug-likeness (QED) is 0.648. The number of aliphatic hydroxyl groups excluding tert-OH is 1. The fourth-order valence-corrected chi connectivity index (χ4v) is 2.33. The Hall–Kier alpha value is -0.610. The van der Waals surface area contributed by atoms with Crippen LogP contribution >= 0.6 is 0 Å². The van der Waals surface area contributed by atoms with Gasteiger partial charge in [0.25, 0.3) is 0 Å². The van der Waals surface area contributed by atoms with Gasteiger partial charge < -0.3 is 15.7 Å². The lowest BCUT2D eigenvalue weighted by Crippen LogP contribution is -2.55. The summed E-state index contributed by atoms with van der Waals surface area (Å²) in [7, 11) is 0. The molecule has 4 nitrogen and oxygen atoms in total. The summed E-state index contributed by atoms with van der Waals surface area (Å²) in [5.41, 5.74) is 5.85. The molecule has 0 aromatic heterocycles. The third-order valence-electron chi connectivity index (χ3n) is 3.32. The van der Waals surface area contributed by atoms with E-state index in [1.54, 1.807) is 4.90 Å². The van der Waals surface area contributed by atoms with Crippen molar-refractivity contribution in [2.45, 2.75) is 43.7 Å². The molecule has 0 spiro atoms. The molecule has 14 heavy (non-hydrogen) atoms. The minimum absolute atomic E-state index is 0.111. The van der Waals surface area contributed by atoms with Crippen molar-refractivity contribution in [1.82, 2.24) is 4.90 Å². The number of amides is 1. The Balaban J connectivity index is 1.82. The van der Waals surface area contributed by atoms with Crippen molar-refractivity contribution in [3.63, 3.8) is 0 Å². The van der Waals surface area contributed by atoms with Gasteiger partial charge in [0.2, 0.25) is 5.91 Å². The van der Waals surface area contributed by atoms with Crippen LogP contribution in [0.25, 0.3) is 0 Å². The van der Waals surface area contributed by atoms with E-state index < -0.39 is 0 Å². The van der Waals surface area contributed by atoms with Crippen molar-refractivity contribution in [1.29, 1.82) is 0 Å². The maximum atomic E-state index is 11.7. The number of carbonyl (C=O) groups is 1. The molecule has 0 aromatic rings. The average molecular weight is 198 g/mol. The second-order valence-electron chi connectivity index (χ2n) is 4.70. The first kappa shape index (κ1) is 9.93. The first-order valence-electron chi connectivity index (χ1n) is 5.34. The van der Waals surface area contributed by atoms with E-state index in [4.69, 9.17) is 10.8 Å². The van der Waals surface area contributed by atoms with E-state index in [0.29, 0.717) is 19.5 Å². The van der Waals surface area contributed by atoms with E-state index in [0.717, 1.165) is 25.7 Å². The zero-order valence-electron chi connectivity index (χ0n) is 8.41. The maximum Gasteiger partial charge on any atom is 0.224 e. The van der Waals surface area contributed by atoms with E-state index in [1.165, 1.54) is 0 Å². The normalized spacial score (nSPS) is 26.3. The standard InChI is InChI=1S/C10H18N2O2/c11-10(3-1-2-4-10)5-9(14)12-6-8(13)7-12/h8,13H,1-7,11H2. The number of aliphatic hydroxyl groups is 1. The molecule has 1 aliphatic carbocycles. The van der Waals surface area contributed by atoms with Gasteiger partial charge in [-0.05, 0) is 12.8 Å². The smallest absolute Gasteiger partial charge is 0.224 e. The molecule has 1 heterocycles. The number of hydrogen-bond donors (Lipinski definition) is 2. The molecule has 2 rings (SSSR count). The van der Waals surface area contributed by atoms with Crippen LogP contribution in [0.2, 0.25) is 0 Å². The molecule has 0 atom stereocenters. The lowest BCUT2D eigenvalue weighted by molar-refractivity contribution is -0.142. The monoisotopic (exact) mass is 198 g/mol. The van der Waals surface area contributed by atoms with E-state index in [1.807, 2.05) is 0 Å². The highest BCUT2D eigenvalue weighted by molar-refractivity contribution is 5.78. The van der Waals surface area contributed by atoms with Gasteiger partial charge >= 0.3 is 0 Å². The van der Waals surface area contributed by atoms with Crippen molar-refractivity contribution in [3.8, 4) is 0 Å². The zero-order chi connectivity index (χ0) is 10.2. The van der Waals surface area contributed by atoms with Crippen molar-refractivity contribution >= 4 is 5.91 Å². The summed E-state index contributed by atoms with van der Waals surface area (Å²) in [5.74, 6) is 0.111. The third-order valence-corrected chi connectivity index (χ3v) is 3.32. The van der Waals surface area contributed by atoms with Crippen LogP contribution in [0, 0.1) is 0 Å². The molecule has 2 aliphatic rings. The minimum Gasteiger partial charge on any atom is -0.389 e. The molecular formula is C10H18N2O2. The number of nitrogens with zero attached hydrogens (tertiary/aromatic N) is 1. The van der Waals surface area contributed by atoms with Gasteiger partial charge in [0, 0.05) is 25.0 Å². The number of likely N-dealkylation sites (tertiary alicyclic amines) is 1. The summed E-state index contributed by atoms with van der Waals surface area (Å²) in [5, 5.41) is 9.07. The number of rotatable bonds is 2. The Morgan fingerprint density at radius 3 is 2.50 bits per heavy atom. The summed E-state index contributed by atoms with van der Waals surface area (Å²) in [6.07, 6.45) is 4.37. The Morgan fingerprint density at radius 2 is 2.00 bits per heavy atom. The van der Waals surface area contributed by atoms with Gasteiger partial charge in [-0.15, -0.1) is 0 Å². The van der Waals surface area contributed by atoms with Gasteiger partial charge in [-0.1, -0.05) is 12.8 Å². The summed E-state index contributed by atoms with van der Waals surface area (Å²) in [6, 6.07) is 0. The van der Waals surface area contributed by atoms with E-state index in [2.05, 4.69) is 0 Å². The molecule has 0 bridgehead atoms. The van der Waals surface area contributed by atoms with E-state index in [-0.39, 0.29) is 17.6 Å². The van der Waals surface area contributed by atoms with Crippen LogP contribution in [0.4, 0.5) is 0 Å². The van der Waals surface area contributed by atoms with Crippen LogP contribution in [0.15, 0.2) is 0 Å². The molecule has 1 aliphatic heterocycles.